The molecule has 0 aromatic carbocycles. The molecule has 1 rings (SSSR count). The van der Waals surface area contributed by atoms with Gasteiger partial charge in [0.2, 0.25) is 0 Å². The Morgan fingerprint density at radius 2 is 2.31 bits per heavy atom. The third kappa shape index (κ3) is 2.93. The quantitative estimate of drug-likeness (QED) is 0.545. The summed E-state index contributed by atoms with van der Waals surface area (Å²) in [7, 11) is 1.60. The van der Waals surface area contributed by atoms with Gasteiger partial charge in [-0.1, -0.05) is 15.9 Å². The first-order valence-corrected chi connectivity index (χ1v) is 5.02. The van der Waals surface area contributed by atoms with E-state index in [2.05, 4.69) is 15.9 Å². The van der Waals surface area contributed by atoms with Crippen LogP contribution >= 0.6 is 15.9 Å². The van der Waals surface area contributed by atoms with E-state index < -0.39 is 0 Å². The topological polar surface area (TPSA) is 44.8 Å². The van der Waals surface area contributed by atoms with Crippen molar-refractivity contribution in [2.75, 3.05) is 13.7 Å². The minimum Gasteiger partial charge on any atom is -0.456 e. The average Bonchev–Trinajstić information content (AvgIpc) is 2.08. The van der Waals surface area contributed by atoms with Gasteiger partial charge < -0.3 is 14.2 Å². The fourth-order valence-corrected chi connectivity index (χ4v) is 1.93. The maximum atomic E-state index is 10.8. The molecule has 1 heterocycles. The molecular weight excluding hydrogens is 240 g/mol. The largest absolute Gasteiger partial charge is 0.456 e. The van der Waals surface area contributed by atoms with E-state index in [0.717, 1.165) is 6.42 Å². The van der Waals surface area contributed by atoms with Crippen molar-refractivity contribution in [1.29, 1.82) is 0 Å². The Morgan fingerprint density at radius 3 is 2.85 bits per heavy atom. The number of carbonyl (C=O) groups excluding carboxylic acids is 1. The van der Waals surface area contributed by atoms with E-state index in [1.165, 1.54) is 6.92 Å². The van der Waals surface area contributed by atoms with Crippen molar-refractivity contribution in [2.45, 2.75) is 30.6 Å². The minimum atomic E-state index is -0.351. The van der Waals surface area contributed by atoms with Crippen LogP contribution in [0.4, 0.5) is 0 Å². The highest BCUT2D eigenvalue weighted by Crippen LogP contribution is 2.24. The fourth-order valence-electron chi connectivity index (χ4n) is 1.30. The van der Waals surface area contributed by atoms with Gasteiger partial charge in [-0.3, -0.25) is 4.79 Å². The maximum Gasteiger partial charge on any atom is 0.303 e. The highest BCUT2D eigenvalue weighted by Gasteiger charge is 2.35. The summed E-state index contributed by atoms with van der Waals surface area (Å²) >= 11 is 3.28. The molecule has 0 bridgehead atoms. The highest BCUT2D eigenvalue weighted by atomic mass is 79.9. The maximum absolute atomic E-state index is 10.8. The molecule has 0 radical (unpaired) electrons. The van der Waals surface area contributed by atoms with Gasteiger partial charge in [-0.25, -0.2) is 0 Å². The Balaban J connectivity index is 2.56. The Labute approximate surface area is 85.7 Å². The Bertz CT molecular complexity index is 185. The molecule has 76 valence electrons. The second kappa shape index (κ2) is 4.93. The first-order chi connectivity index (χ1) is 6.15. The van der Waals surface area contributed by atoms with Crippen LogP contribution in [0, 0.1) is 0 Å². The summed E-state index contributed by atoms with van der Waals surface area (Å²) in [6.45, 7) is 1.99. The lowest BCUT2D eigenvalue weighted by atomic mass is 10.1. The van der Waals surface area contributed by atoms with E-state index in [9.17, 15) is 4.79 Å². The van der Waals surface area contributed by atoms with Crippen LogP contribution in [0.1, 0.15) is 13.3 Å². The SMILES string of the molecule is COC1CCOC(Br)C1OC(C)=O. The number of hydrogen-bond donors (Lipinski definition) is 0. The summed E-state index contributed by atoms with van der Waals surface area (Å²) in [5, 5.41) is -0.268. The summed E-state index contributed by atoms with van der Waals surface area (Å²) in [4.78, 5) is 10.8. The van der Waals surface area contributed by atoms with E-state index in [4.69, 9.17) is 14.2 Å². The standard InChI is InChI=1S/C8H13BrO4/c1-5(10)13-7-6(11-2)3-4-12-8(7)9/h6-8H,3-4H2,1-2H3. The van der Waals surface area contributed by atoms with Crippen LogP contribution < -0.4 is 0 Å². The lowest BCUT2D eigenvalue weighted by molar-refractivity contribution is -0.171. The predicted molar refractivity (Wildman–Crippen MR) is 49.6 cm³/mol. The number of ether oxygens (including phenoxy) is 3. The van der Waals surface area contributed by atoms with Crippen molar-refractivity contribution in [3.8, 4) is 0 Å². The van der Waals surface area contributed by atoms with Crippen LogP contribution in [-0.2, 0) is 19.0 Å². The molecule has 0 N–H and O–H groups in total. The van der Waals surface area contributed by atoms with E-state index in [1.807, 2.05) is 0 Å². The summed E-state index contributed by atoms with van der Waals surface area (Å²) in [5.41, 5.74) is 0. The Morgan fingerprint density at radius 1 is 1.62 bits per heavy atom. The fraction of sp³-hybridized carbons (Fsp3) is 0.875. The van der Waals surface area contributed by atoms with Crippen molar-refractivity contribution in [2.24, 2.45) is 0 Å². The van der Waals surface area contributed by atoms with Crippen molar-refractivity contribution in [3.05, 3.63) is 0 Å². The molecule has 3 unspecified atom stereocenters. The number of hydrogen-bond acceptors (Lipinski definition) is 4. The van der Waals surface area contributed by atoms with Gasteiger partial charge in [0.1, 0.15) is 0 Å². The zero-order chi connectivity index (χ0) is 9.84. The van der Waals surface area contributed by atoms with Crippen LogP contribution in [0.25, 0.3) is 0 Å². The number of rotatable bonds is 2. The first-order valence-electron chi connectivity index (χ1n) is 4.11. The lowest BCUT2D eigenvalue weighted by Gasteiger charge is -2.33. The molecule has 0 aromatic heterocycles. The Hall–Kier alpha value is -0.130. The molecule has 1 aliphatic heterocycles. The number of methoxy groups -OCH3 is 1. The first kappa shape index (κ1) is 10.9. The predicted octanol–water partition coefficient (Wildman–Crippen LogP) is 1.07. The van der Waals surface area contributed by atoms with Crippen molar-refractivity contribution in [3.63, 3.8) is 0 Å². The lowest BCUT2D eigenvalue weighted by Crippen LogP contribution is -2.45. The van der Waals surface area contributed by atoms with Gasteiger partial charge in [0.05, 0.1) is 12.7 Å². The molecular formula is C8H13BrO4. The zero-order valence-corrected chi connectivity index (χ0v) is 9.24. The van der Waals surface area contributed by atoms with Gasteiger partial charge in [0, 0.05) is 20.5 Å². The molecule has 1 saturated heterocycles. The molecule has 1 aliphatic rings. The molecule has 0 aromatic rings. The van der Waals surface area contributed by atoms with Crippen molar-refractivity contribution < 1.29 is 19.0 Å². The van der Waals surface area contributed by atoms with Gasteiger partial charge in [-0.05, 0) is 0 Å². The summed E-state index contributed by atoms with van der Waals surface area (Å²) in [6, 6.07) is 0. The van der Waals surface area contributed by atoms with Gasteiger partial charge in [0.25, 0.3) is 0 Å². The second-order valence-corrected chi connectivity index (χ2v) is 3.76. The molecule has 0 saturated carbocycles. The van der Waals surface area contributed by atoms with Gasteiger partial charge in [-0.15, -0.1) is 0 Å². The molecule has 4 nitrogen and oxygen atoms in total. The number of esters is 1. The molecule has 1 fully saturated rings. The van der Waals surface area contributed by atoms with Crippen LogP contribution in [0.15, 0.2) is 0 Å². The van der Waals surface area contributed by atoms with E-state index in [1.54, 1.807) is 7.11 Å². The third-order valence-electron chi connectivity index (χ3n) is 1.91. The highest BCUT2D eigenvalue weighted by molar-refractivity contribution is 9.09. The van der Waals surface area contributed by atoms with Gasteiger partial charge >= 0.3 is 5.97 Å². The van der Waals surface area contributed by atoms with Crippen LogP contribution in [0.3, 0.4) is 0 Å². The second-order valence-electron chi connectivity index (χ2n) is 2.86. The molecule has 5 heteroatoms. The number of halogens is 1. The van der Waals surface area contributed by atoms with E-state index in [-0.39, 0.29) is 23.2 Å². The molecule has 3 atom stereocenters. The molecule has 0 spiro atoms. The van der Waals surface area contributed by atoms with Crippen molar-refractivity contribution >= 4 is 21.9 Å². The minimum absolute atomic E-state index is 0.0815. The van der Waals surface area contributed by atoms with Crippen LogP contribution in [-0.4, -0.2) is 36.9 Å². The number of alkyl halides is 1. The molecule has 0 aliphatic carbocycles. The van der Waals surface area contributed by atoms with E-state index >= 15 is 0 Å². The van der Waals surface area contributed by atoms with Gasteiger partial charge in [0.15, 0.2) is 11.1 Å². The summed E-state index contributed by atoms with van der Waals surface area (Å²) in [6.07, 6.45) is 0.314. The van der Waals surface area contributed by atoms with E-state index in [0.29, 0.717) is 6.61 Å². The number of carbonyl (C=O) groups is 1. The molecule has 13 heavy (non-hydrogen) atoms. The monoisotopic (exact) mass is 252 g/mol. The normalized spacial score (nSPS) is 34.2. The smallest absolute Gasteiger partial charge is 0.303 e. The van der Waals surface area contributed by atoms with Crippen LogP contribution in [0.2, 0.25) is 0 Å². The van der Waals surface area contributed by atoms with Crippen LogP contribution in [0.5, 0.6) is 0 Å². The summed E-state index contributed by atoms with van der Waals surface area (Å²) < 4.78 is 15.5. The summed E-state index contributed by atoms with van der Waals surface area (Å²) in [5.74, 6) is -0.318. The third-order valence-corrected chi connectivity index (χ3v) is 2.69. The molecule has 0 amide bonds. The average molecular weight is 253 g/mol. The van der Waals surface area contributed by atoms with Gasteiger partial charge in [-0.2, -0.15) is 0 Å². The Kier molecular flexibility index (Phi) is 4.15. The zero-order valence-electron chi connectivity index (χ0n) is 7.66. The van der Waals surface area contributed by atoms with Crippen molar-refractivity contribution in [1.82, 2.24) is 0 Å².